The summed E-state index contributed by atoms with van der Waals surface area (Å²) in [5.41, 5.74) is 0. The van der Waals surface area contributed by atoms with E-state index in [1.165, 1.54) is 11.9 Å². The monoisotopic (exact) mass is 281 g/mol. The molecule has 1 aliphatic heterocycles. The molecule has 0 N–H and O–H groups in total. The summed E-state index contributed by atoms with van der Waals surface area (Å²) in [7, 11) is 1.44. The Balaban J connectivity index is 1.85. The highest BCUT2D eigenvalue weighted by Crippen LogP contribution is 2.37. The minimum Gasteiger partial charge on any atom is -0.348 e. The summed E-state index contributed by atoms with van der Waals surface area (Å²) in [6.07, 6.45) is -3.36. The van der Waals surface area contributed by atoms with Gasteiger partial charge >= 0.3 is 6.18 Å². The molecule has 1 aliphatic carbocycles. The number of amides is 1. The fraction of sp³-hybridized carbons (Fsp3) is 0.917. The highest BCUT2D eigenvalue weighted by Gasteiger charge is 2.42. The van der Waals surface area contributed by atoms with E-state index in [-0.39, 0.29) is 6.04 Å². The Morgan fingerprint density at radius 2 is 1.79 bits per heavy atom. The molecule has 2 rings (SSSR count). The summed E-state index contributed by atoms with van der Waals surface area (Å²) in [6, 6.07) is -0.159. The van der Waals surface area contributed by atoms with E-state index in [1.807, 2.05) is 0 Å². The standard InChI is InChI=1S/C12H18F3NO3/c1-16(10(17)8-12(13,14)15)9-2-4-11(5-3-9)18-6-7-19-11/h9H,2-8H2,1H3. The Morgan fingerprint density at radius 3 is 2.26 bits per heavy atom. The third-order valence-corrected chi connectivity index (χ3v) is 3.82. The van der Waals surface area contributed by atoms with Gasteiger partial charge in [0.25, 0.3) is 0 Å². The van der Waals surface area contributed by atoms with Crippen molar-refractivity contribution in [1.82, 2.24) is 4.90 Å². The predicted octanol–water partition coefficient (Wildman–Crippen LogP) is 2.08. The normalized spacial score (nSPS) is 23.8. The lowest BCUT2D eigenvalue weighted by Crippen LogP contribution is -2.45. The number of ether oxygens (including phenoxy) is 2. The zero-order chi connectivity index (χ0) is 14.1. The van der Waals surface area contributed by atoms with Crippen molar-refractivity contribution in [3.8, 4) is 0 Å². The molecule has 110 valence electrons. The number of hydrogen-bond donors (Lipinski definition) is 0. The summed E-state index contributed by atoms with van der Waals surface area (Å²) >= 11 is 0. The lowest BCUT2D eigenvalue weighted by Gasteiger charge is -2.39. The maximum atomic E-state index is 12.2. The largest absolute Gasteiger partial charge is 0.397 e. The zero-order valence-corrected chi connectivity index (χ0v) is 10.8. The summed E-state index contributed by atoms with van der Waals surface area (Å²) in [5, 5.41) is 0. The van der Waals surface area contributed by atoms with Gasteiger partial charge in [-0.05, 0) is 12.8 Å². The third-order valence-electron chi connectivity index (χ3n) is 3.82. The Bertz CT molecular complexity index is 330. The lowest BCUT2D eigenvalue weighted by molar-refractivity contribution is -0.187. The SMILES string of the molecule is CN(C(=O)CC(F)(F)F)C1CCC2(CC1)OCCO2. The summed E-state index contributed by atoms with van der Waals surface area (Å²) in [4.78, 5) is 12.7. The van der Waals surface area contributed by atoms with Crippen LogP contribution in [0.25, 0.3) is 0 Å². The summed E-state index contributed by atoms with van der Waals surface area (Å²) in [5.74, 6) is -1.42. The van der Waals surface area contributed by atoms with E-state index >= 15 is 0 Å². The smallest absolute Gasteiger partial charge is 0.348 e. The molecule has 1 saturated heterocycles. The molecule has 0 radical (unpaired) electrons. The van der Waals surface area contributed by atoms with Gasteiger partial charge in [-0.15, -0.1) is 0 Å². The van der Waals surface area contributed by atoms with E-state index in [1.54, 1.807) is 0 Å². The van der Waals surface area contributed by atoms with Gasteiger partial charge in [0.2, 0.25) is 5.91 Å². The number of hydrogen-bond acceptors (Lipinski definition) is 3. The minimum atomic E-state index is -4.45. The van der Waals surface area contributed by atoms with Crippen LogP contribution in [-0.2, 0) is 14.3 Å². The van der Waals surface area contributed by atoms with E-state index in [2.05, 4.69) is 0 Å². The van der Waals surface area contributed by atoms with Crippen molar-refractivity contribution in [1.29, 1.82) is 0 Å². The molecule has 1 heterocycles. The molecule has 0 unspecified atom stereocenters. The van der Waals surface area contributed by atoms with Crippen LogP contribution in [0.15, 0.2) is 0 Å². The molecule has 0 aromatic rings. The Kier molecular flexibility index (Phi) is 4.06. The first-order chi connectivity index (χ1) is 8.81. The van der Waals surface area contributed by atoms with Gasteiger partial charge in [-0.3, -0.25) is 4.79 Å². The quantitative estimate of drug-likeness (QED) is 0.778. The number of carbonyl (C=O) groups excluding carboxylic acids is 1. The molecule has 2 aliphatic rings. The number of alkyl halides is 3. The van der Waals surface area contributed by atoms with Crippen LogP contribution in [0.3, 0.4) is 0 Å². The molecule has 2 fully saturated rings. The van der Waals surface area contributed by atoms with Crippen molar-refractivity contribution in [2.75, 3.05) is 20.3 Å². The predicted molar refractivity (Wildman–Crippen MR) is 60.3 cm³/mol. The van der Waals surface area contributed by atoms with Crippen molar-refractivity contribution in [2.24, 2.45) is 0 Å². The van der Waals surface area contributed by atoms with Crippen molar-refractivity contribution in [3.05, 3.63) is 0 Å². The molecule has 1 spiro atoms. The van der Waals surface area contributed by atoms with Gasteiger partial charge in [-0.1, -0.05) is 0 Å². The van der Waals surface area contributed by atoms with Crippen LogP contribution < -0.4 is 0 Å². The van der Waals surface area contributed by atoms with Crippen molar-refractivity contribution in [3.63, 3.8) is 0 Å². The number of nitrogens with zero attached hydrogens (tertiary/aromatic N) is 1. The van der Waals surface area contributed by atoms with Crippen LogP contribution in [0.5, 0.6) is 0 Å². The van der Waals surface area contributed by atoms with Crippen molar-refractivity contribution >= 4 is 5.91 Å². The molecule has 7 heteroatoms. The van der Waals surface area contributed by atoms with Crippen LogP contribution in [0, 0.1) is 0 Å². The molecule has 0 bridgehead atoms. The second-order valence-corrected chi connectivity index (χ2v) is 5.14. The van der Waals surface area contributed by atoms with E-state index in [9.17, 15) is 18.0 Å². The summed E-state index contributed by atoms with van der Waals surface area (Å²) in [6.45, 7) is 1.13. The van der Waals surface area contributed by atoms with E-state index in [0.717, 1.165) is 0 Å². The zero-order valence-electron chi connectivity index (χ0n) is 10.8. The Hall–Kier alpha value is -0.820. The highest BCUT2D eigenvalue weighted by atomic mass is 19.4. The van der Waals surface area contributed by atoms with Crippen molar-refractivity contribution < 1.29 is 27.4 Å². The van der Waals surface area contributed by atoms with Crippen molar-refractivity contribution in [2.45, 2.75) is 50.1 Å². The molecule has 4 nitrogen and oxygen atoms in total. The van der Waals surface area contributed by atoms with Crippen LogP contribution >= 0.6 is 0 Å². The fourth-order valence-corrected chi connectivity index (χ4v) is 2.72. The lowest BCUT2D eigenvalue weighted by atomic mass is 9.89. The maximum Gasteiger partial charge on any atom is 0.397 e. The molecule has 0 atom stereocenters. The van der Waals surface area contributed by atoms with Gasteiger partial charge in [-0.2, -0.15) is 13.2 Å². The average molecular weight is 281 g/mol. The van der Waals surface area contributed by atoms with Crippen LogP contribution in [0.4, 0.5) is 13.2 Å². The van der Waals surface area contributed by atoms with Gasteiger partial charge in [0.15, 0.2) is 5.79 Å². The minimum absolute atomic E-state index is 0.159. The molecule has 1 saturated carbocycles. The van der Waals surface area contributed by atoms with Crippen LogP contribution in [0.2, 0.25) is 0 Å². The Morgan fingerprint density at radius 1 is 1.26 bits per heavy atom. The highest BCUT2D eigenvalue weighted by molar-refractivity contribution is 5.76. The Labute approximate surface area is 109 Å². The molecule has 0 aromatic heterocycles. The first kappa shape index (κ1) is 14.6. The average Bonchev–Trinajstić information content (AvgIpc) is 2.75. The maximum absolute atomic E-state index is 12.2. The fourth-order valence-electron chi connectivity index (χ4n) is 2.72. The molecule has 0 aromatic carbocycles. The van der Waals surface area contributed by atoms with Gasteiger partial charge in [0, 0.05) is 25.9 Å². The first-order valence-electron chi connectivity index (χ1n) is 6.42. The molecule has 19 heavy (non-hydrogen) atoms. The number of carbonyl (C=O) groups is 1. The molecular formula is C12H18F3NO3. The van der Waals surface area contributed by atoms with Crippen LogP contribution in [-0.4, -0.2) is 49.1 Å². The second-order valence-electron chi connectivity index (χ2n) is 5.14. The summed E-state index contributed by atoms with van der Waals surface area (Å²) < 4.78 is 47.6. The number of rotatable bonds is 2. The van der Waals surface area contributed by atoms with Gasteiger partial charge in [0.1, 0.15) is 6.42 Å². The number of halogens is 3. The van der Waals surface area contributed by atoms with Gasteiger partial charge < -0.3 is 14.4 Å². The van der Waals surface area contributed by atoms with E-state index in [0.29, 0.717) is 38.9 Å². The topological polar surface area (TPSA) is 38.8 Å². The van der Waals surface area contributed by atoms with Gasteiger partial charge in [-0.25, -0.2) is 0 Å². The first-order valence-corrected chi connectivity index (χ1v) is 6.42. The molecule has 1 amide bonds. The second kappa shape index (κ2) is 5.28. The third kappa shape index (κ3) is 3.60. The van der Waals surface area contributed by atoms with E-state index in [4.69, 9.17) is 9.47 Å². The van der Waals surface area contributed by atoms with E-state index < -0.39 is 24.3 Å². The molecular weight excluding hydrogens is 263 g/mol. The van der Waals surface area contributed by atoms with Crippen LogP contribution in [0.1, 0.15) is 32.1 Å². The van der Waals surface area contributed by atoms with Gasteiger partial charge in [0.05, 0.1) is 13.2 Å².